The van der Waals surface area contributed by atoms with Crippen molar-refractivity contribution < 1.29 is 14.6 Å². The number of rotatable bonds is 5. The quantitative estimate of drug-likeness (QED) is 0.547. The summed E-state index contributed by atoms with van der Waals surface area (Å²) in [7, 11) is 0. The van der Waals surface area contributed by atoms with Crippen LogP contribution in [0.4, 0.5) is 0 Å². The fourth-order valence-electron chi connectivity index (χ4n) is 2.41. The third kappa shape index (κ3) is 4.42. The number of carbonyl (C=O) groups is 1. The van der Waals surface area contributed by atoms with Gasteiger partial charge in [-0.25, -0.2) is 9.78 Å². The van der Waals surface area contributed by atoms with Gasteiger partial charge in [0.1, 0.15) is 11.6 Å². The largest absolute Gasteiger partial charge is 0.481 e. The van der Waals surface area contributed by atoms with E-state index in [1.807, 2.05) is 6.07 Å². The second kappa shape index (κ2) is 8.01. The highest BCUT2D eigenvalue weighted by molar-refractivity contribution is 9.10. The lowest BCUT2D eigenvalue weighted by molar-refractivity contribution is -0.139. The maximum atomic E-state index is 12.8. The van der Waals surface area contributed by atoms with E-state index < -0.39 is 12.6 Å². The number of halogens is 2. The highest BCUT2D eigenvalue weighted by atomic mass is 79.9. The summed E-state index contributed by atoms with van der Waals surface area (Å²) >= 11 is 6.70. The van der Waals surface area contributed by atoms with Gasteiger partial charge >= 0.3 is 5.97 Å². The van der Waals surface area contributed by atoms with Crippen molar-refractivity contribution in [3.63, 3.8) is 0 Å². The van der Waals surface area contributed by atoms with Gasteiger partial charge < -0.3 is 9.84 Å². The van der Waals surface area contributed by atoms with E-state index in [0.29, 0.717) is 28.0 Å². The molecule has 3 rings (SSSR count). The second-order valence-corrected chi connectivity index (χ2v) is 7.38. The fourth-order valence-corrected chi connectivity index (χ4v) is 3.15. The minimum Gasteiger partial charge on any atom is -0.481 e. The highest BCUT2D eigenvalue weighted by Gasteiger charge is 2.09. The van der Waals surface area contributed by atoms with Crippen molar-refractivity contribution in [2.75, 3.05) is 6.61 Å². The second-order valence-electron chi connectivity index (χ2n) is 5.55. The predicted octanol–water partition coefficient (Wildman–Crippen LogP) is 3.58. The van der Waals surface area contributed by atoms with Crippen molar-refractivity contribution in [2.45, 2.75) is 6.92 Å². The van der Waals surface area contributed by atoms with E-state index in [4.69, 9.17) is 9.84 Å². The zero-order chi connectivity index (χ0) is 19.6. The van der Waals surface area contributed by atoms with Crippen LogP contribution in [-0.4, -0.2) is 33.6 Å². The molecule has 9 heteroatoms. The Morgan fingerprint density at radius 2 is 1.96 bits per heavy atom. The van der Waals surface area contributed by atoms with Crippen LogP contribution in [0.1, 0.15) is 11.4 Å². The van der Waals surface area contributed by atoms with E-state index >= 15 is 0 Å². The maximum absolute atomic E-state index is 12.8. The first-order valence-electron chi connectivity index (χ1n) is 7.72. The predicted molar refractivity (Wildman–Crippen MR) is 109 cm³/mol. The van der Waals surface area contributed by atoms with Gasteiger partial charge in [0.15, 0.2) is 6.61 Å². The lowest BCUT2D eigenvalue weighted by atomic mass is 10.2. The van der Waals surface area contributed by atoms with Crippen LogP contribution >= 0.6 is 31.9 Å². The molecule has 2 aromatic carbocycles. The Hall–Kier alpha value is -2.52. The van der Waals surface area contributed by atoms with E-state index in [9.17, 15) is 9.59 Å². The molecule has 0 radical (unpaired) electrons. The Morgan fingerprint density at radius 1 is 1.26 bits per heavy atom. The number of hydrogen-bond donors (Lipinski definition) is 1. The summed E-state index contributed by atoms with van der Waals surface area (Å²) in [5.41, 5.74) is 0.796. The van der Waals surface area contributed by atoms with E-state index in [-0.39, 0.29) is 5.56 Å². The summed E-state index contributed by atoms with van der Waals surface area (Å²) in [6, 6.07) is 10.3. The average Bonchev–Trinajstić information content (AvgIpc) is 2.61. The molecular weight excluding hydrogens is 482 g/mol. The molecule has 0 amide bonds. The van der Waals surface area contributed by atoms with Gasteiger partial charge in [-0.05, 0) is 43.3 Å². The Labute approximate surface area is 170 Å². The third-order valence-corrected chi connectivity index (χ3v) is 4.59. The molecule has 1 aromatic heterocycles. The van der Waals surface area contributed by atoms with Gasteiger partial charge in [0.05, 0.1) is 17.1 Å². The molecule has 0 saturated heterocycles. The standard InChI is InChI=1S/C18H13Br2N3O4/c1-10-22-15-4-2-13(20)7-14(15)18(26)23(10)21-8-11-6-12(19)3-5-16(11)27-9-17(24)25/h2-8H,9H2,1H3,(H,24,25). The van der Waals surface area contributed by atoms with Crippen molar-refractivity contribution in [3.05, 3.63) is 67.1 Å². The van der Waals surface area contributed by atoms with Crippen LogP contribution in [0.2, 0.25) is 0 Å². The summed E-state index contributed by atoms with van der Waals surface area (Å²) in [4.78, 5) is 27.9. The number of aromatic nitrogens is 2. The third-order valence-electron chi connectivity index (χ3n) is 3.61. The Kier molecular flexibility index (Phi) is 5.71. The van der Waals surface area contributed by atoms with Gasteiger partial charge in [-0.1, -0.05) is 31.9 Å². The lowest BCUT2D eigenvalue weighted by Gasteiger charge is -2.08. The zero-order valence-electron chi connectivity index (χ0n) is 14.0. The van der Waals surface area contributed by atoms with Crippen LogP contribution in [0.3, 0.4) is 0 Å². The molecule has 138 valence electrons. The molecule has 0 unspecified atom stereocenters. The van der Waals surface area contributed by atoms with Crippen LogP contribution in [0.5, 0.6) is 5.75 Å². The van der Waals surface area contributed by atoms with E-state index in [1.165, 1.54) is 10.9 Å². The van der Waals surface area contributed by atoms with Crippen LogP contribution in [0.15, 0.2) is 55.2 Å². The van der Waals surface area contributed by atoms with Gasteiger partial charge in [0, 0.05) is 14.5 Å². The molecule has 27 heavy (non-hydrogen) atoms. The highest BCUT2D eigenvalue weighted by Crippen LogP contribution is 2.22. The van der Waals surface area contributed by atoms with Crippen LogP contribution in [-0.2, 0) is 4.79 Å². The van der Waals surface area contributed by atoms with Crippen molar-refractivity contribution >= 4 is 54.9 Å². The first-order chi connectivity index (χ1) is 12.8. The van der Waals surface area contributed by atoms with Crippen molar-refractivity contribution in [1.82, 2.24) is 9.66 Å². The van der Waals surface area contributed by atoms with Crippen LogP contribution < -0.4 is 10.3 Å². The smallest absolute Gasteiger partial charge is 0.341 e. The van der Waals surface area contributed by atoms with E-state index in [0.717, 1.165) is 8.95 Å². The van der Waals surface area contributed by atoms with Gasteiger partial charge in [0.25, 0.3) is 5.56 Å². The SMILES string of the molecule is Cc1nc2ccc(Br)cc2c(=O)n1N=Cc1cc(Br)ccc1OCC(=O)O. The van der Waals surface area contributed by atoms with Crippen molar-refractivity contribution in [1.29, 1.82) is 0 Å². The minimum absolute atomic E-state index is 0.307. The molecule has 0 fully saturated rings. The van der Waals surface area contributed by atoms with Crippen molar-refractivity contribution in [2.24, 2.45) is 5.10 Å². The summed E-state index contributed by atoms with van der Waals surface area (Å²) in [5, 5.41) is 13.5. The van der Waals surface area contributed by atoms with Gasteiger partial charge in [-0.15, -0.1) is 0 Å². The number of carboxylic acid groups (broad SMARTS) is 1. The Balaban J connectivity index is 2.05. The number of ether oxygens (including phenoxy) is 1. The number of carboxylic acids is 1. The summed E-state index contributed by atoms with van der Waals surface area (Å²) < 4.78 is 7.99. The molecule has 7 nitrogen and oxygen atoms in total. The zero-order valence-corrected chi connectivity index (χ0v) is 17.2. The summed E-state index contributed by atoms with van der Waals surface area (Å²) in [6.45, 7) is 1.20. The average molecular weight is 495 g/mol. The number of aliphatic carboxylic acids is 1. The van der Waals surface area contributed by atoms with Crippen molar-refractivity contribution in [3.8, 4) is 5.75 Å². The molecule has 0 aliphatic heterocycles. The number of fused-ring (bicyclic) bond motifs is 1. The molecule has 0 spiro atoms. The van der Waals surface area contributed by atoms with E-state index in [2.05, 4.69) is 41.9 Å². The molecule has 0 aliphatic carbocycles. The van der Waals surface area contributed by atoms with Gasteiger partial charge in [-0.3, -0.25) is 4.79 Å². The molecule has 3 aromatic rings. The van der Waals surface area contributed by atoms with E-state index in [1.54, 1.807) is 37.3 Å². The van der Waals surface area contributed by atoms with Gasteiger partial charge in [0.2, 0.25) is 0 Å². The molecule has 0 saturated carbocycles. The summed E-state index contributed by atoms with van der Waals surface area (Å²) in [6.07, 6.45) is 1.43. The first-order valence-corrected chi connectivity index (χ1v) is 9.31. The van der Waals surface area contributed by atoms with Crippen LogP contribution in [0.25, 0.3) is 10.9 Å². The number of aryl methyl sites for hydroxylation is 1. The topological polar surface area (TPSA) is 93.8 Å². The molecule has 1 N–H and O–H groups in total. The fraction of sp³-hybridized carbons (Fsp3) is 0.111. The molecule has 0 atom stereocenters. The maximum Gasteiger partial charge on any atom is 0.341 e. The summed E-state index contributed by atoms with van der Waals surface area (Å²) in [5.74, 6) is -0.321. The molecule has 0 aliphatic rings. The lowest BCUT2D eigenvalue weighted by Crippen LogP contribution is -2.20. The monoisotopic (exact) mass is 493 g/mol. The number of nitrogens with zero attached hydrogens (tertiary/aromatic N) is 3. The molecule has 0 bridgehead atoms. The normalized spacial score (nSPS) is 11.2. The van der Waals surface area contributed by atoms with Crippen LogP contribution in [0, 0.1) is 6.92 Å². The molecular formula is C18H13Br2N3O4. The first kappa shape index (κ1) is 19.2. The van der Waals surface area contributed by atoms with Gasteiger partial charge in [-0.2, -0.15) is 9.78 Å². The Bertz CT molecular complexity index is 1130. The number of benzene rings is 2. The minimum atomic E-state index is -1.09. The molecule has 1 heterocycles. The number of hydrogen-bond acceptors (Lipinski definition) is 5. The Morgan fingerprint density at radius 3 is 2.70 bits per heavy atom.